The van der Waals surface area contributed by atoms with E-state index < -0.39 is 11.5 Å². The molecule has 3 saturated carbocycles. The van der Waals surface area contributed by atoms with Crippen molar-refractivity contribution in [1.29, 1.82) is 0 Å². The van der Waals surface area contributed by atoms with E-state index in [-0.39, 0.29) is 28.6 Å². The molecule has 0 spiro atoms. The van der Waals surface area contributed by atoms with Crippen molar-refractivity contribution in [3.63, 3.8) is 0 Å². The lowest BCUT2D eigenvalue weighted by atomic mass is 9.41. The highest BCUT2D eigenvalue weighted by molar-refractivity contribution is 8.00. The molecular weight excluding hydrogens is 466 g/mol. The van der Waals surface area contributed by atoms with Gasteiger partial charge in [-0.3, -0.25) is 9.59 Å². The van der Waals surface area contributed by atoms with Gasteiger partial charge < -0.3 is 10.0 Å². The second kappa shape index (κ2) is 9.52. The Morgan fingerprint density at radius 3 is 2.47 bits per heavy atom. The third kappa shape index (κ3) is 4.01. The molecule has 202 valence electrons. The van der Waals surface area contributed by atoms with E-state index in [2.05, 4.69) is 46.2 Å². The second-order valence-corrected chi connectivity index (χ2v) is 15.3. The number of Topliss-reactive ketones (excluding diaryl/α,β-unsaturated/α-hetero) is 2. The lowest BCUT2D eigenvalue weighted by molar-refractivity contribution is -0.177. The van der Waals surface area contributed by atoms with Gasteiger partial charge >= 0.3 is 0 Å². The molecule has 2 saturated heterocycles. The van der Waals surface area contributed by atoms with E-state index in [1.165, 1.54) is 25.7 Å². The maximum Gasteiger partial charge on any atom is 0.143 e. The number of hydrogen-bond donors (Lipinski definition) is 1. The maximum absolute atomic E-state index is 13.6. The van der Waals surface area contributed by atoms with Crippen LogP contribution in [-0.2, 0) is 9.59 Å². The van der Waals surface area contributed by atoms with Crippen molar-refractivity contribution in [2.75, 3.05) is 12.8 Å². The van der Waals surface area contributed by atoms with Gasteiger partial charge in [-0.15, -0.1) is 6.58 Å². The van der Waals surface area contributed by atoms with Gasteiger partial charge in [-0.25, -0.2) is 0 Å². The zero-order valence-electron chi connectivity index (χ0n) is 23.3. The molecule has 5 rings (SSSR count). The summed E-state index contributed by atoms with van der Waals surface area (Å²) in [4.78, 5) is 29.8. The van der Waals surface area contributed by atoms with Crippen LogP contribution >= 0.6 is 11.8 Å². The van der Waals surface area contributed by atoms with E-state index in [1.807, 2.05) is 17.8 Å². The molecule has 0 aromatic heterocycles. The van der Waals surface area contributed by atoms with E-state index in [0.29, 0.717) is 53.4 Å². The molecule has 36 heavy (non-hydrogen) atoms. The van der Waals surface area contributed by atoms with Gasteiger partial charge in [0.2, 0.25) is 0 Å². The van der Waals surface area contributed by atoms with Gasteiger partial charge in [0, 0.05) is 41.5 Å². The summed E-state index contributed by atoms with van der Waals surface area (Å²) in [5.74, 6) is 1.80. The Morgan fingerprint density at radius 1 is 1.17 bits per heavy atom. The fraction of sp³-hybridized carbons (Fsp3) is 0.871. The van der Waals surface area contributed by atoms with Crippen molar-refractivity contribution >= 4 is 23.3 Å². The molecule has 5 aliphatic rings. The van der Waals surface area contributed by atoms with E-state index >= 15 is 0 Å². The largest absolute Gasteiger partial charge is 0.392 e. The van der Waals surface area contributed by atoms with Crippen molar-refractivity contribution < 1.29 is 14.7 Å². The normalized spacial score (nSPS) is 50.9. The van der Waals surface area contributed by atoms with Gasteiger partial charge in [0.1, 0.15) is 11.6 Å². The van der Waals surface area contributed by atoms with Crippen LogP contribution in [0.1, 0.15) is 91.9 Å². The average Bonchev–Trinajstić information content (AvgIpc) is 3.28. The number of thioether (sulfide) groups is 1. The first-order valence-electron chi connectivity index (χ1n) is 14.7. The molecule has 5 heteroatoms. The Hall–Kier alpha value is -0.650. The van der Waals surface area contributed by atoms with Gasteiger partial charge in [-0.1, -0.05) is 33.8 Å². The summed E-state index contributed by atoms with van der Waals surface area (Å²) in [5, 5.41) is 12.3. The lowest BCUT2D eigenvalue weighted by Gasteiger charge is -2.62. The van der Waals surface area contributed by atoms with Crippen LogP contribution in [0, 0.1) is 39.9 Å². The third-order valence-electron chi connectivity index (χ3n) is 12.6. The highest BCUT2D eigenvalue weighted by atomic mass is 32.2. The van der Waals surface area contributed by atoms with E-state index in [1.54, 1.807) is 0 Å². The Labute approximate surface area is 223 Å². The molecule has 11 atom stereocenters. The number of nitrogens with zero attached hydrogens (tertiary/aromatic N) is 1. The predicted octanol–water partition coefficient (Wildman–Crippen LogP) is 5.91. The average molecular weight is 516 g/mol. The Morgan fingerprint density at radius 2 is 1.83 bits per heavy atom. The maximum atomic E-state index is 13.6. The van der Waals surface area contributed by atoms with Crippen molar-refractivity contribution in [3.8, 4) is 0 Å². The number of rotatable bonds is 6. The first-order valence-corrected chi connectivity index (χ1v) is 15.7. The van der Waals surface area contributed by atoms with Gasteiger partial charge in [-0.2, -0.15) is 11.8 Å². The minimum absolute atomic E-state index is 0.0391. The summed E-state index contributed by atoms with van der Waals surface area (Å²) in [6, 6.07) is 1.39. The third-order valence-corrected chi connectivity index (χ3v) is 13.9. The van der Waals surface area contributed by atoms with Gasteiger partial charge in [0.05, 0.1) is 11.9 Å². The smallest absolute Gasteiger partial charge is 0.143 e. The number of hydrogen-bond acceptors (Lipinski definition) is 5. The zero-order chi connectivity index (χ0) is 26.0. The van der Waals surface area contributed by atoms with Gasteiger partial charge in [0.15, 0.2) is 0 Å². The molecule has 1 N–H and O–H groups in total. The molecule has 2 heterocycles. The van der Waals surface area contributed by atoms with Crippen LogP contribution in [0.3, 0.4) is 0 Å². The van der Waals surface area contributed by atoms with Crippen LogP contribution in [-0.4, -0.2) is 57.8 Å². The summed E-state index contributed by atoms with van der Waals surface area (Å²) < 4.78 is 0. The van der Waals surface area contributed by atoms with Crippen molar-refractivity contribution in [1.82, 2.24) is 4.90 Å². The van der Waals surface area contributed by atoms with E-state index in [9.17, 15) is 14.7 Å². The first-order chi connectivity index (χ1) is 17.0. The molecule has 3 aliphatic carbocycles. The summed E-state index contributed by atoms with van der Waals surface area (Å²) in [6.45, 7) is 13.2. The molecule has 0 amide bonds. The van der Waals surface area contributed by atoms with Crippen LogP contribution in [0.15, 0.2) is 12.7 Å². The fourth-order valence-electron chi connectivity index (χ4n) is 9.93. The molecule has 4 nitrogen and oxygen atoms in total. The summed E-state index contributed by atoms with van der Waals surface area (Å²) in [7, 11) is 2.27. The zero-order valence-corrected chi connectivity index (χ0v) is 24.1. The SMILES string of the molecule is C=C[C@]1(C)C[C@@H](CC(=O)CS[C@@H]2C[C@H]3CC[C@@H](C2)N3C)[C@]2(C)[C@H](C)CC[C@]3(CCC(=O)[C@H]32)[C@@H](C)[C@@H]1O. The van der Waals surface area contributed by atoms with Crippen LogP contribution in [0.2, 0.25) is 0 Å². The van der Waals surface area contributed by atoms with Crippen LogP contribution in [0.25, 0.3) is 0 Å². The number of aliphatic hydroxyl groups excluding tert-OH is 1. The molecule has 0 aromatic carbocycles. The lowest BCUT2D eigenvalue weighted by Crippen LogP contribution is -2.61. The van der Waals surface area contributed by atoms with Crippen LogP contribution in [0.5, 0.6) is 0 Å². The molecule has 0 aromatic rings. The number of ketones is 2. The molecule has 0 radical (unpaired) electrons. The van der Waals surface area contributed by atoms with Crippen LogP contribution < -0.4 is 0 Å². The molecule has 2 aliphatic heterocycles. The summed E-state index contributed by atoms with van der Waals surface area (Å²) in [5.41, 5.74) is -0.810. The van der Waals surface area contributed by atoms with Crippen molar-refractivity contribution in [3.05, 3.63) is 12.7 Å². The Kier molecular flexibility index (Phi) is 7.12. The Balaban J connectivity index is 1.39. The minimum Gasteiger partial charge on any atom is -0.392 e. The molecule has 0 unspecified atom stereocenters. The highest BCUT2D eigenvalue weighted by Crippen LogP contribution is 2.69. The highest BCUT2D eigenvalue weighted by Gasteiger charge is 2.67. The first kappa shape index (κ1) is 26.9. The predicted molar refractivity (Wildman–Crippen MR) is 148 cm³/mol. The van der Waals surface area contributed by atoms with Crippen LogP contribution in [0.4, 0.5) is 0 Å². The van der Waals surface area contributed by atoms with Crippen molar-refractivity contribution in [2.45, 2.75) is 115 Å². The molecule has 4 bridgehead atoms. The van der Waals surface area contributed by atoms with Gasteiger partial charge in [0.25, 0.3) is 0 Å². The number of fused-ring (bicyclic) bond motifs is 2. The van der Waals surface area contributed by atoms with Gasteiger partial charge in [-0.05, 0) is 87.0 Å². The van der Waals surface area contributed by atoms with E-state index in [0.717, 1.165) is 25.7 Å². The number of aliphatic hydroxyl groups is 1. The number of carbonyl (C=O) groups excluding carboxylic acids is 2. The topological polar surface area (TPSA) is 57.6 Å². The standard InChI is InChI=1S/C31H49NO3S/c1-7-29(4)17-21(14-24(33)18-36-25-15-22-8-9-23(16-25)32(22)6)30(5)19(2)10-12-31(20(3)28(29)35)13-11-26(34)27(30)31/h7,19-23,25,27-28,35H,1,8-18H2,2-6H3/t19-,20+,21-,22-,23+,25-,27+,28+,29-,30+,31+/m1/s1. The monoisotopic (exact) mass is 515 g/mol. The molecule has 5 fully saturated rings. The van der Waals surface area contributed by atoms with E-state index in [4.69, 9.17) is 0 Å². The molecular formula is C31H49NO3S. The quantitative estimate of drug-likeness (QED) is 0.445. The number of carbonyl (C=O) groups is 2. The summed E-state index contributed by atoms with van der Waals surface area (Å²) in [6.07, 6.45) is 11.3. The number of piperidine rings is 1. The minimum atomic E-state index is -0.539. The fourth-order valence-corrected chi connectivity index (χ4v) is 11.2. The second-order valence-electron chi connectivity index (χ2n) is 14.0. The van der Waals surface area contributed by atoms with Crippen molar-refractivity contribution in [2.24, 2.45) is 39.9 Å². The Bertz CT molecular complexity index is 892. The summed E-state index contributed by atoms with van der Waals surface area (Å²) >= 11 is 1.89.